The van der Waals surface area contributed by atoms with Gasteiger partial charge in [-0.1, -0.05) is 12.1 Å². The van der Waals surface area contributed by atoms with Gasteiger partial charge in [0.1, 0.15) is 23.9 Å². The van der Waals surface area contributed by atoms with Crippen LogP contribution in [0.25, 0.3) is 0 Å². The van der Waals surface area contributed by atoms with Gasteiger partial charge in [0.25, 0.3) is 0 Å². The fourth-order valence-corrected chi connectivity index (χ4v) is 1.80. The molecule has 2 rings (SSSR count). The number of ether oxygens (including phenoxy) is 2. The van der Waals surface area contributed by atoms with Gasteiger partial charge in [-0.15, -0.1) is 0 Å². The molecule has 8 heteroatoms. The Kier molecular flexibility index (Phi) is 5.94. The van der Waals surface area contributed by atoms with Crippen molar-refractivity contribution in [2.75, 3.05) is 6.61 Å². The molecule has 0 aromatic heterocycles. The van der Waals surface area contributed by atoms with Crippen molar-refractivity contribution in [1.82, 2.24) is 0 Å². The number of carboxylic acid groups (broad SMARTS) is 1. The van der Waals surface area contributed by atoms with Crippen molar-refractivity contribution in [2.24, 2.45) is 10.7 Å². The zero-order valence-electron chi connectivity index (χ0n) is 13.1. The van der Waals surface area contributed by atoms with Crippen LogP contribution in [0.5, 0.6) is 11.5 Å². The van der Waals surface area contributed by atoms with Crippen LogP contribution in [0.4, 0.5) is 4.79 Å². The molecule has 0 bridgehead atoms. The second-order valence-electron chi connectivity index (χ2n) is 4.92. The normalized spacial score (nSPS) is 11.0. The number of phenols is 1. The van der Waals surface area contributed by atoms with E-state index in [0.717, 1.165) is 0 Å². The molecule has 25 heavy (non-hydrogen) atoms. The van der Waals surface area contributed by atoms with Crippen LogP contribution >= 0.6 is 0 Å². The van der Waals surface area contributed by atoms with E-state index < -0.39 is 18.7 Å². The number of aromatic hydroxyl groups is 1. The first-order valence-corrected chi connectivity index (χ1v) is 7.18. The number of hydrogen-bond donors (Lipinski definition) is 3. The van der Waals surface area contributed by atoms with E-state index in [-0.39, 0.29) is 18.2 Å². The fourth-order valence-electron chi connectivity index (χ4n) is 1.80. The lowest BCUT2D eigenvalue weighted by Crippen LogP contribution is -2.16. The Bertz CT molecular complexity index is 769. The number of carboxylic acids is 1. The molecule has 1 amide bonds. The third-order valence-electron chi connectivity index (χ3n) is 3.02. The highest BCUT2D eigenvalue weighted by atomic mass is 16.5. The molecule has 0 unspecified atom stereocenters. The summed E-state index contributed by atoms with van der Waals surface area (Å²) in [4.78, 5) is 25.7. The molecule has 0 spiro atoms. The van der Waals surface area contributed by atoms with Crippen LogP contribution in [-0.2, 0) is 16.1 Å². The molecule has 0 aliphatic rings. The lowest BCUT2D eigenvalue weighted by Gasteiger charge is -2.06. The highest BCUT2D eigenvalue weighted by molar-refractivity contribution is 6.02. The number of rotatable bonds is 6. The standard InChI is InChI=1S/C17H16N2O6/c18-16(12-3-5-13(20)6-4-12)19-17(23)25-9-11-1-7-14(8-2-11)24-10-15(21)22/h1-8,20H,9-10H2,(H,21,22)(H2,18,19,23). The first-order valence-electron chi connectivity index (χ1n) is 7.18. The summed E-state index contributed by atoms with van der Waals surface area (Å²) in [7, 11) is 0. The van der Waals surface area contributed by atoms with Gasteiger partial charge < -0.3 is 25.4 Å². The van der Waals surface area contributed by atoms with Crippen LogP contribution in [0, 0.1) is 0 Å². The molecule has 0 aliphatic carbocycles. The summed E-state index contributed by atoms with van der Waals surface area (Å²) in [6.45, 7) is -0.454. The Morgan fingerprint density at radius 1 is 1.04 bits per heavy atom. The topological polar surface area (TPSA) is 131 Å². The minimum absolute atomic E-state index is 0.0234. The number of carbonyl (C=O) groups excluding carboxylic acids is 1. The van der Waals surface area contributed by atoms with Gasteiger partial charge in [0.15, 0.2) is 6.61 Å². The van der Waals surface area contributed by atoms with E-state index in [1.54, 1.807) is 24.3 Å². The Morgan fingerprint density at radius 2 is 1.68 bits per heavy atom. The maximum atomic E-state index is 11.7. The van der Waals surface area contributed by atoms with Crippen molar-refractivity contribution >= 4 is 17.9 Å². The maximum Gasteiger partial charge on any atom is 0.435 e. The number of aliphatic imine (C=N–C) groups is 1. The molecule has 0 fully saturated rings. The maximum absolute atomic E-state index is 11.7. The zero-order chi connectivity index (χ0) is 18.2. The molecule has 130 valence electrons. The third-order valence-corrected chi connectivity index (χ3v) is 3.02. The number of amidine groups is 1. The number of nitrogens with zero attached hydrogens (tertiary/aromatic N) is 1. The highest BCUT2D eigenvalue weighted by Gasteiger charge is 2.06. The van der Waals surface area contributed by atoms with E-state index in [1.165, 1.54) is 24.3 Å². The van der Waals surface area contributed by atoms with Crippen LogP contribution in [-0.4, -0.2) is 34.7 Å². The summed E-state index contributed by atoms with van der Waals surface area (Å²) >= 11 is 0. The van der Waals surface area contributed by atoms with Crippen LogP contribution in [0.15, 0.2) is 53.5 Å². The molecule has 0 saturated heterocycles. The third kappa shape index (κ3) is 5.87. The van der Waals surface area contributed by atoms with Gasteiger partial charge in [-0.2, -0.15) is 4.99 Å². The smallest absolute Gasteiger partial charge is 0.435 e. The van der Waals surface area contributed by atoms with Crippen molar-refractivity contribution in [3.05, 3.63) is 59.7 Å². The van der Waals surface area contributed by atoms with Gasteiger partial charge in [0, 0.05) is 5.56 Å². The number of phenolic OH excluding ortho intramolecular Hbond substituents is 1. The fraction of sp³-hybridized carbons (Fsp3) is 0.118. The Hall–Kier alpha value is -3.55. The Morgan fingerprint density at radius 3 is 2.28 bits per heavy atom. The summed E-state index contributed by atoms with van der Waals surface area (Å²) in [5.74, 6) is -0.619. The first-order chi connectivity index (χ1) is 11.9. The molecule has 0 heterocycles. The van der Waals surface area contributed by atoms with Gasteiger partial charge >= 0.3 is 12.1 Å². The van der Waals surface area contributed by atoms with Crippen LogP contribution in [0.2, 0.25) is 0 Å². The summed E-state index contributed by atoms with van der Waals surface area (Å²) in [6.07, 6.45) is -0.850. The van der Waals surface area contributed by atoms with E-state index in [1.807, 2.05) is 0 Å². The van der Waals surface area contributed by atoms with E-state index in [2.05, 4.69) is 4.99 Å². The van der Waals surface area contributed by atoms with Gasteiger partial charge in [-0.25, -0.2) is 9.59 Å². The molecule has 0 saturated carbocycles. The molecule has 2 aromatic carbocycles. The minimum Gasteiger partial charge on any atom is -0.508 e. The average molecular weight is 344 g/mol. The molecule has 2 aromatic rings. The molecular weight excluding hydrogens is 328 g/mol. The summed E-state index contributed by atoms with van der Waals surface area (Å²) in [6, 6.07) is 12.3. The monoisotopic (exact) mass is 344 g/mol. The van der Waals surface area contributed by atoms with Crippen LogP contribution in [0.3, 0.4) is 0 Å². The molecule has 8 nitrogen and oxygen atoms in total. The Labute approximate surface area is 143 Å². The second kappa shape index (κ2) is 8.34. The first kappa shape index (κ1) is 17.8. The summed E-state index contributed by atoms with van der Waals surface area (Å²) < 4.78 is 9.99. The molecule has 0 atom stereocenters. The quantitative estimate of drug-likeness (QED) is 0.538. The average Bonchev–Trinajstić information content (AvgIpc) is 2.59. The summed E-state index contributed by atoms with van der Waals surface area (Å²) in [5.41, 5.74) is 6.85. The van der Waals surface area contributed by atoms with E-state index in [0.29, 0.717) is 16.9 Å². The van der Waals surface area contributed by atoms with Crippen molar-refractivity contribution in [3.8, 4) is 11.5 Å². The second-order valence-corrected chi connectivity index (χ2v) is 4.92. The van der Waals surface area contributed by atoms with Gasteiger partial charge in [0.2, 0.25) is 0 Å². The van der Waals surface area contributed by atoms with Gasteiger partial charge in [0.05, 0.1) is 0 Å². The number of hydrogen-bond acceptors (Lipinski definition) is 5. The van der Waals surface area contributed by atoms with Gasteiger partial charge in [-0.3, -0.25) is 0 Å². The largest absolute Gasteiger partial charge is 0.508 e. The number of nitrogens with two attached hydrogens (primary N) is 1. The molecule has 0 radical (unpaired) electrons. The van der Waals surface area contributed by atoms with Crippen molar-refractivity contribution in [2.45, 2.75) is 6.61 Å². The van der Waals surface area contributed by atoms with Crippen molar-refractivity contribution in [3.63, 3.8) is 0 Å². The molecule has 0 aliphatic heterocycles. The van der Waals surface area contributed by atoms with Crippen LogP contribution in [0.1, 0.15) is 11.1 Å². The zero-order valence-corrected chi connectivity index (χ0v) is 13.1. The number of carbonyl (C=O) groups is 2. The van der Waals surface area contributed by atoms with Crippen molar-refractivity contribution in [1.29, 1.82) is 0 Å². The lowest BCUT2D eigenvalue weighted by atomic mass is 10.2. The van der Waals surface area contributed by atoms with E-state index in [4.69, 9.17) is 20.3 Å². The van der Waals surface area contributed by atoms with Gasteiger partial charge in [-0.05, 0) is 42.0 Å². The van der Waals surface area contributed by atoms with E-state index in [9.17, 15) is 14.7 Å². The Balaban J connectivity index is 1.87. The predicted molar refractivity (Wildman–Crippen MR) is 88.6 cm³/mol. The molecule has 4 N–H and O–H groups in total. The number of amides is 1. The number of benzene rings is 2. The minimum atomic E-state index is -1.07. The predicted octanol–water partition coefficient (Wildman–Crippen LogP) is 1.90. The SMILES string of the molecule is N/C(=N\C(=O)OCc1ccc(OCC(=O)O)cc1)c1ccc(O)cc1. The number of aliphatic carboxylic acids is 1. The summed E-state index contributed by atoms with van der Waals surface area (Å²) in [5, 5.41) is 17.7. The van der Waals surface area contributed by atoms with E-state index >= 15 is 0 Å². The molecular formula is C17H16N2O6. The highest BCUT2D eigenvalue weighted by Crippen LogP contribution is 2.13. The van der Waals surface area contributed by atoms with Crippen LogP contribution < -0.4 is 10.5 Å². The lowest BCUT2D eigenvalue weighted by molar-refractivity contribution is -0.139. The van der Waals surface area contributed by atoms with Crippen molar-refractivity contribution < 1.29 is 29.3 Å².